The Morgan fingerprint density at radius 3 is 2.27 bits per heavy atom. The predicted molar refractivity (Wildman–Crippen MR) is 47.1 cm³/mol. The van der Waals surface area contributed by atoms with E-state index in [0.29, 0.717) is 0 Å². The van der Waals surface area contributed by atoms with Gasteiger partial charge in [-0.1, -0.05) is 13.8 Å². The first-order valence-electron chi connectivity index (χ1n) is 3.94. The molecule has 0 radical (unpaired) electrons. The van der Waals surface area contributed by atoms with Gasteiger partial charge >= 0.3 is 14.1 Å². The lowest BCUT2D eigenvalue weighted by atomic mass is 9.96. The second-order valence-corrected chi connectivity index (χ2v) is 2.88. The average molecular weight is 157 g/mol. The number of amides is 1. The maximum Gasteiger partial charge on any atom is 0.389 e. The van der Waals surface area contributed by atoms with E-state index in [1.807, 2.05) is 20.8 Å². The minimum absolute atomic E-state index is 0.118. The van der Waals surface area contributed by atoms with Crippen LogP contribution in [-0.2, 0) is 4.65 Å². The summed E-state index contributed by atoms with van der Waals surface area (Å²) in [7, 11) is 1.38. The van der Waals surface area contributed by atoms with Gasteiger partial charge in [0.15, 0.2) is 0 Å². The van der Waals surface area contributed by atoms with E-state index in [0.717, 1.165) is 12.8 Å². The van der Waals surface area contributed by atoms with Crippen molar-refractivity contribution in [1.82, 2.24) is 5.32 Å². The molecule has 1 N–H and O–H groups in total. The molecule has 0 saturated heterocycles. The second kappa shape index (κ2) is 4.26. The normalized spacial score (nSPS) is 10.8. The Kier molecular flexibility index (Phi) is 4.00. The Labute approximate surface area is 68.9 Å². The van der Waals surface area contributed by atoms with Crippen LogP contribution in [-0.4, -0.2) is 19.7 Å². The molecule has 4 heteroatoms. The summed E-state index contributed by atoms with van der Waals surface area (Å²) in [4.78, 5) is 10.8. The second-order valence-electron chi connectivity index (χ2n) is 2.88. The van der Waals surface area contributed by atoms with Crippen LogP contribution < -0.4 is 5.32 Å². The van der Waals surface area contributed by atoms with Gasteiger partial charge in [0.05, 0.1) is 0 Å². The lowest BCUT2D eigenvalue weighted by Crippen LogP contribution is -2.44. The molecule has 0 fully saturated rings. The largest absolute Gasteiger partial charge is 0.528 e. The molecular formula is C7H16BNO2. The molecule has 3 nitrogen and oxygen atoms in total. The minimum Gasteiger partial charge on any atom is -0.528 e. The van der Waals surface area contributed by atoms with Crippen LogP contribution in [0, 0.1) is 0 Å². The van der Waals surface area contributed by atoms with Crippen molar-refractivity contribution in [3.05, 3.63) is 0 Å². The van der Waals surface area contributed by atoms with Crippen LogP contribution in [0.5, 0.6) is 0 Å². The summed E-state index contributed by atoms with van der Waals surface area (Å²) < 4.78 is 4.50. The highest BCUT2D eigenvalue weighted by atomic mass is 16.5. The SMILES string of the molecule is BOC(=O)NC(C)(CC)CC. The number of hydrogen-bond acceptors (Lipinski definition) is 2. The van der Waals surface area contributed by atoms with Crippen molar-refractivity contribution in [2.45, 2.75) is 39.2 Å². The van der Waals surface area contributed by atoms with Crippen molar-refractivity contribution in [3.63, 3.8) is 0 Å². The summed E-state index contributed by atoms with van der Waals surface area (Å²) in [6.07, 6.45) is 1.48. The summed E-state index contributed by atoms with van der Waals surface area (Å²) in [6, 6.07) is 0. The molecule has 0 aliphatic heterocycles. The topological polar surface area (TPSA) is 38.3 Å². The Balaban J connectivity index is 3.96. The molecule has 0 bridgehead atoms. The fourth-order valence-corrected chi connectivity index (χ4v) is 0.724. The standard InChI is InChI=1S/C7H16BNO2/c1-4-7(3,5-2)9-6(10)11-8/h4-5,8H2,1-3H3,(H,9,10). The molecule has 0 heterocycles. The van der Waals surface area contributed by atoms with E-state index in [9.17, 15) is 4.79 Å². The van der Waals surface area contributed by atoms with Crippen LogP contribution >= 0.6 is 0 Å². The zero-order valence-corrected chi connectivity index (χ0v) is 7.73. The van der Waals surface area contributed by atoms with Gasteiger partial charge in [0.25, 0.3) is 0 Å². The third-order valence-corrected chi connectivity index (χ3v) is 2.15. The predicted octanol–water partition coefficient (Wildman–Crippen LogP) is 0.839. The fourth-order valence-electron chi connectivity index (χ4n) is 0.724. The molecule has 0 atom stereocenters. The molecule has 0 rings (SSSR count). The van der Waals surface area contributed by atoms with E-state index in [-0.39, 0.29) is 11.6 Å². The van der Waals surface area contributed by atoms with Crippen molar-refractivity contribution in [2.75, 3.05) is 0 Å². The average Bonchev–Trinajstić information content (AvgIpc) is 2.04. The highest BCUT2D eigenvalue weighted by molar-refractivity contribution is 6.05. The van der Waals surface area contributed by atoms with E-state index in [4.69, 9.17) is 0 Å². The van der Waals surface area contributed by atoms with Crippen LogP contribution in [0.4, 0.5) is 4.79 Å². The van der Waals surface area contributed by atoms with E-state index < -0.39 is 0 Å². The fraction of sp³-hybridized carbons (Fsp3) is 0.857. The van der Waals surface area contributed by atoms with Crippen molar-refractivity contribution in [1.29, 1.82) is 0 Å². The third-order valence-electron chi connectivity index (χ3n) is 2.15. The van der Waals surface area contributed by atoms with Crippen LogP contribution in [0.25, 0.3) is 0 Å². The first kappa shape index (κ1) is 10.3. The lowest BCUT2D eigenvalue weighted by molar-refractivity contribution is 0.187. The van der Waals surface area contributed by atoms with E-state index in [1.165, 1.54) is 8.05 Å². The van der Waals surface area contributed by atoms with Gasteiger partial charge in [0.2, 0.25) is 0 Å². The number of carbonyl (C=O) groups is 1. The summed E-state index contributed by atoms with van der Waals surface area (Å²) >= 11 is 0. The molecule has 64 valence electrons. The molecule has 0 aromatic heterocycles. The van der Waals surface area contributed by atoms with Crippen molar-refractivity contribution in [2.24, 2.45) is 0 Å². The monoisotopic (exact) mass is 157 g/mol. The first-order chi connectivity index (χ1) is 5.08. The lowest BCUT2D eigenvalue weighted by Gasteiger charge is -2.27. The van der Waals surface area contributed by atoms with Gasteiger partial charge in [-0.25, -0.2) is 4.79 Å². The highest BCUT2D eigenvalue weighted by Crippen LogP contribution is 2.13. The van der Waals surface area contributed by atoms with E-state index >= 15 is 0 Å². The molecule has 11 heavy (non-hydrogen) atoms. The van der Waals surface area contributed by atoms with E-state index in [1.54, 1.807) is 0 Å². The maximum absolute atomic E-state index is 10.8. The molecule has 0 aliphatic carbocycles. The Hall–Kier alpha value is -0.665. The van der Waals surface area contributed by atoms with Gasteiger partial charge in [-0.15, -0.1) is 0 Å². The summed E-state index contributed by atoms with van der Waals surface area (Å²) in [5.41, 5.74) is -0.118. The molecule has 0 spiro atoms. The Bertz CT molecular complexity index is 134. The van der Waals surface area contributed by atoms with Crippen LogP contribution in [0.15, 0.2) is 0 Å². The number of hydrogen-bond donors (Lipinski definition) is 1. The Morgan fingerprint density at radius 2 is 2.00 bits per heavy atom. The van der Waals surface area contributed by atoms with Crippen molar-refractivity contribution in [3.8, 4) is 0 Å². The molecule has 1 amide bonds. The Morgan fingerprint density at radius 1 is 1.55 bits per heavy atom. The van der Waals surface area contributed by atoms with E-state index in [2.05, 4.69) is 9.97 Å². The molecule has 0 saturated carbocycles. The zero-order chi connectivity index (χ0) is 8.91. The molecule has 0 aromatic rings. The summed E-state index contributed by atoms with van der Waals surface area (Å²) in [6.45, 7) is 6.09. The van der Waals surface area contributed by atoms with Gasteiger partial charge in [0, 0.05) is 5.54 Å². The number of rotatable bonds is 3. The highest BCUT2D eigenvalue weighted by Gasteiger charge is 2.21. The van der Waals surface area contributed by atoms with Crippen molar-refractivity contribution >= 4 is 14.1 Å². The van der Waals surface area contributed by atoms with Crippen LogP contribution in [0.1, 0.15) is 33.6 Å². The number of carbonyl (C=O) groups excluding carboxylic acids is 1. The van der Waals surface area contributed by atoms with Gasteiger partial charge in [0.1, 0.15) is 0 Å². The minimum atomic E-state index is -0.351. The van der Waals surface area contributed by atoms with Gasteiger partial charge in [-0.3, -0.25) is 0 Å². The molecule has 0 aromatic carbocycles. The quantitative estimate of drug-likeness (QED) is 0.616. The zero-order valence-electron chi connectivity index (χ0n) is 7.73. The maximum atomic E-state index is 10.8. The summed E-state index contributed by atoms with van der Waals surface area (Å²) in [5, 5.41) is 2.78. The van der Waals surface area contributed by atoms with Gasteiger partial charge < -0.3 is 9.97 Å². The first-order valence-corrected chi connectivity index (χ1v) is 3.94. The van der Waals surface area contributed by atoms with Gasteiger partial charge in [-0.05, 0) is 19.8 Å². The van der Waals surface area contributed by atoms with Gasteiger partial charge in [-0.2, -0.15) is 0 Å². The van der Waals surface area contributed by atoms with Crippen molar-refractivity contribution < 1.29 is 9.45 Å². The smallest absolute Gasteiger partial charge is 0.389 e. The third kappa shape index (κ3) is 3.30. The molecule has 0 aliphatic rings. The number of nitrogens with one attached hydrogen (secondary N) is 1. The van der Waals surface area contributed by atoms with Crippen LogP contribution in [0.3, 0.4) is 0 Å². The van der Waals surface area contributed by atoms with Crippen LogP contribution in [0.2, 0.25) is 0 Å². The summed E-state index contributed by atoms with van der Waals surface area (Å²) in [5.74, 6) is 0. The molecule has 0 unspecified atom stereocenters. The molecular weight excluding hydrogens is 141 g/mol.